The molecule has 1 amide bonds. The summed E-state index contributed by atoms with van der Waals surface area (Å²) < 4.78 is 1.54. The fourth-order valence-corrected chi connectivity index (χ4v) is 3.97. The highest BCUT2D eigenvalue weighted by Crippen LogP contribution is 2.22. The van der Waals surface area contributed by atoms with Gasteiger partial charge in [-0.25, -0.2) is 9.97 Å². The van der Waals surface area contributed by atoms with Crippen LogP contribution in [0.4, 0.5) is 5.82 Å². The molecule has 4 rings (SSSR count). The second-order valence-corrected chi connectivity index (χ2v) is 7.24. The van der Waals surface area contributed by atoms with E-state index in [4.69, 9.17) is 5.73 Å². The number of carbonyl (C=O) groups is 1. The number of amides is 1. The number of fused-ring (bicyclic) bond motifs is 1. The van der Waals surface area contributed by atoms with E-state index in [9.17, 15) is 4.79 Å². The van der Waals surface area contributed by atoms with Gasteiger partial charge in [-0.2, -0.15) is 16.3 Å². The van der Waals surface area contributed by atoms with Crippen LogP contribution in [0.2, 0.25) is 0 Å². The summed E-state index contributed by atoms with van der Waals surface area (Å²) >= 11 is 3.33. The van der Waals surface area contributed by atoms with Crippen LogP contribution in [0.25, 0.3) is 16.5 Å². The molecule has 9 heteroatoms. The van der Waals surface area contributed by atoms with E-state index in [0.29, 0.717) is 22.9 Å². The lowest BCUT2D eigenvalue weighted by Gasteiger charge is -2.26. The average molecular weight is 346 g/mol. The van der Waals surface area contributed by atoms with Gasteiger partial charge in [-0.1, -0.05) is 0 Å². The quantitative estimate of drug-likeness (QED) is 0.758. The minimum absolute atomic E-state index is 0.00158. The number of carbonyl (C=O) groups excluding carboxylic acids is 1. The lowest BCUT2D eigenvalue weighted by molar-refractivity contribution is 0.0772. The Hall–Kier alpha value is -2.13. The Bertz CT molecular complexity index is 854. The number of nitrogens with two attached hydrogens (primary N) is 1. The van der Waals surface area contributed by atoms with E-state index in [0.717, 1.165) is 29.6 Å². The molecule has 2 N–H and O–H groups in total. The lowest BCUT2D eigenvalue weighted by atomic mass is 10.2. The van der Waals surface area contributed by atoms with Crippen LogP contribution in [0, 0.1) is 0 Å². The predicted octanol–water partition coefficient (Wildman–Crippen LogP) is 1.62. The van der Waals surface area contributed by atoms with E-state index in [1.165, 1.54) is 11.3 Å². The molecule has 0 radical (unpaired) electrons. The number of anilines is 1. The molecule has 1 aliphatic heterocycles. The summed E-state index contributed by atoms with van der Waals surface area (Å²) in [6, 6.07) is 3.40. The minimum atomic E-state index is -0.00158. The van der Waals surface area contributed by atoms with Gasteiger partial charge in [0.2, 0.25) is 5.82 Å². The normalized spacial score (nSPS) is 15.2. The molecule has 1 fully saturated rings. The van der Waals surface area contributed by atoms with Gasteiger partial charge in [-0.15, -0.1) is 16.4 Å². The summed E-state index contributed by atoms with van der Waals surface area (Å²) in [4.78, 5) is 23.1. The number of hydrogen-bond donors (Lipinski definition) is 1. The van der Waals surface area contributed by atoms with Crippen molar-refractivity contribution in [2.75, 3.05) is 30.3 Å². The average Bonchev–Trinajstić information content (AvgIpc) is 3.24. The molecule has 0 saturated carbocycles. The Morgan fingerprint density at radius 3 is 2.83 bits per heavy atom. The Morgan fingerprint density at radius 2 is 2.09 bits per heavy atom. The second-order valence-electron chi connectivity index (χ2n) is 5.12. The van der Waals surface area contributed by atoms with Crippen molar-refractivity contribution in [2.24, 2.45) is 0 Å². The van der Waals surface area contributed by atoms with E-state index in [-0.39, 0.29) is 5.91 Å². The zero-order chi connectivity index (χ0) is 15.8. The van der Waals surface area contributed by atoms with Crippen molar-refractivity contribution in [3.63, 3.8) is 0 Å². The summed E-state index contributed by atoms with van der Waals surface area (Å²) in [7, 11) is 0. The molecular weight excluding hydrogens is 332 g/mol. The van der Waals surface area contributed by atoms with Crippen molar-refractivity contribution in [1.29, 1.82) is 0 Å². The van der Waals surface area contributed by atoms with Crippen molar-refractivity contribution in [2.45, 2.75) is 0 Å². The van der Waals surface area contributed by atoms with Gasteiger partial charge in [0.1, 0.15) is 5.82 Å². The predicted molar refractivity (Wildman–Crippen MR) is 91.7 cm³/mol. The van der Waals surface area contributed by atoms with Gasteiger partial charge in [-0.3, -0.25) is 4.79 Å². The number of nitrogens with zero attached hydrogens (tertiary/aromatic N) is 5. The highest BCUT2D eigenvalue weighted by atomic mass is 32.2. The van der Waals surface area contributed by atoms with Gasteiger partial charge >= 0.3 is 0 Å². The molecule has 1 saturated heterocycles. The van der Waals surface area contributed by atoms with E-state index in [1.54, 1.807) is 22.8 Å². The lowest BCUT2D eigenvalue weighted by Crippen LogP contribution is -2.38. The van der Waals surface area contributed by atoms with Gasteiger partial charge in [0.25, 0.3) is 5.91 Å². The molecule has 3 aromatic heterocycles. The SMILES string of the molecule is Nc1cc(C(=O)N2CCSCC2)cc2nc(-c3nccs3)nn12. The zero-order valence-corrected chi connectivity index (χ0v) is 13.8. The fourth-order valence-electron chi connectivity index (χ4n) is 2.51. The van der Waals surface area contributed by atoms with Gasteiger partial charge in [0, 0.05) is 41.7 Å². The summed E-state index contributed by atoms with van der Waals surface area (Å²) in [6.45, 7) is 1.54. The van der Waals surface area contributed by atoms with Gasteiger partial charge in [-0.05, 0) is 12.1 Å². The van der Waals surface area contributed by atoms with Crippen LogP contribution in [0.1, 0.15) is 10.4 Å². The molecule has 0 spiro atoms. The Morgan fingerprint density at radius 1 is 1.26 bits per heavy atom. The van der Waals surface area contributed by atoms with Crippen molar-refractivity contribution < 1.29 is 4.79 Å². The molecule has 0 unspecified atom stereocenters. The molecule has 4 heterocycles. The fraction of sp³-hybridized carbons (Fsp3) is 0.286. The second kappa shape index (κ2) is 5.82. The first kappa shape index (κ1) is 14.5. The van der Waals surface area contributed by atoms with Crippen LogP contribution < -0.4 is 5.73 Å². The molecule has 118 valence electrons. The molecule has 3 aromatic rings. The highest BCUT2D eigenvalue weighted by molar-refractivity contribution is 7.99. The smallest absolute Gasteiger partial charge is 0.254 e. The summed E-state index contributed by atoms with van der Waals surface area (Å²) in [6.07, 6.45) is 1.71. The number of nitrogen functional groups attached to an aromatic ring is 1. The molecule has 7 nitrogen and oxygen atoms in total. The molecule has 0 aliphatic carbocycles. The maximum Gasteiger partial charge on any atom is 0.254 e. The molecular formula is C14H14N6OS2. The topological polar surface area (TPSA) is 89.4 Å². The Balaban J connectivity index is 1.73. The third-order valence-corrected chi connectivity index (χ3v) is 5.35. The third-order valence-electron chi connectivity index (χ3n) is 3.63. The van der Waals surface area contributed by atoms with Crippen LogP contribution in [0.15, 0.2) is 23.7 Å². The van der Waals surface area contributed by atoms with Crippen LogP contribution in [0.5, 0.6) is 0 Å². The first-order valence-electron chi connectivity index (χ1n) is 7.15. The number of rotatable bonds is 2. The van der Waals surface area contributed by atoms with Crippen LogP contribution in [0.3, 0.4) is 0 Å². The molecule has 23 heavy (non-hydrogen) atoms. The van der Waals surface area contributed by atoms with Crippen molar-refractivity contribution in [1.82, 2.24) is 24.5 Å². The van der Waals surface area contributed by atoms with E-state index >= 15 is 0 Å². The van der Waals surface area contributed by atoms with Crippen LogP contribution in [-0.4, -0.2) is 55.0 Å². The van der Waals surface area contributed by atoms with E-state index in [2.05, 4.69) is 15.1 Å². The van der Waals surface area contributed by atoms with Crippen LogP contribution in [-0.2, 0) is 0 Å². The number of hydrogen-bond acceptors (Lipinski definition) is 7. The van der Waals surface area contributed by atoms with Gasteiger partial charge < -0.3 is 10.6 Å². The first-order chi connectivity index (χ1) is 11.2. The number of thioether (sulfide) groups is 1. The molecule has 0 aromatic carbocycles. The summed E-state index contributed by atoms with van der Waals surface area (Å²) in [5.41, 5.74) is 7.18. The van der Waals surface area contributed by atoms with E-state index < -0.39 is 0 Å². The molecule has 1 aliphatic rings. The van der Waals surface area contributed by atoms with Crippen molar-refractivity contribution in [3.05, 3.63) is 29.3 Å². The van der Waals surface area contributed by atoms with Gasteiger partial charge in [0.15, 0.2) is 10.7 Å². The van der Waals surface area contributed by atoms with E-state index in [1.807, 2.05) is 22.0 Å². The maximum absolute atomic E-state index is 12.6. The first-order valence-corrected chi connectivity index (χ1v) is 9.19. The summed E-state index contributed by atoms with van der Waals surface area (Å²) in [5.74, 6) is 2.86. The number of thiazole rings is 1. The third kappa shape index (κ3) is 2.66. The van der Waals surface area contributed by atoms with Crippen molar-refractivity contribution >= 4 is 40.5 Å². The maximum atomic E-state index is 12.6. The number of pyridine rings is 1. The minimum Gasteiger partial charge on any atom is -0.384 e. The van der Waals surface area contributed by atoms with Crippen molar-refractivity contribution in [3.8, 4) is 10.8 Å². The molecule has 0 atom stereocenters. The Labute approximate surface area is 140 Å². The standard InChI is InChI=1S/C14H14N6OS2/c15-10-7-9(14(21)19-2-5-22-6-3-19)8-11-17-12(18-20(10)11)13-16-1-4-23-13/h1,4,7-8H,2-3,5-6,15H2. The van der Waals surface area contributed by atoms with Gasteiger partial charge in [0.05, 0.1) is 0 Å². The zero-order valence-electron chi connectivity index (χ0n) is 12.2. The van der Waals surface area contributed by atoms with Crippen LogP contribution >= 0.6 is 23.1 Å². The highest BCUT2D eigenvalue weighted by Gasteiger charge is 2.20. The largest absolute Gasteiger partial charge is 0.384 e. The Kier molecular flexibility index (Phi) is 3.66. The number of aromatic nitrogens is 4. The summed E-state index contributed by atoms with van der Waals surface area (Å²) in [5, 5.41) is 6.97. The molecule has 0 bridgehead atoms. The monoisotopic (exact) mass is 346 g/mol.